The molecule has 0 heterocycles. The second-order valence-corrected chi connectivity index (χ2v) is 6.15. The van der Waals surface area contributed by atoms with Crippen LogP contribution in [0.1, 0.15) is 54.4 Å². The molecule has 0 bridgehead atoms. The van der Waals surface area contributed by atoms with Crippen molar-refractivity contribution in [1.82, 2.24) is 10.6 Å². The molecular weight excluding hydrogens is 308 g/mol. The van der Waals surface area contributed by atoms with Crippen molar-refractivity contribution >= 4 is 17.8 Å². The van der Waals surface area contributed by atoms with Crippen molar-refractivity contribution in [2.45, 2.75) is 45.1 Å². The molecule has 0 aliphatic heterocycles. The Morgan fingerprint density at radius 3 is 2.33 bits per heavy atom. The van der Waals surface area contributed by atoms with E-state index >= 15 is 0 Å². The molecular formula is C18H24N2O4. The number of carbonyl (C=O) groups excluding carboxylic acids is 2. The maximum Gasteiger partial charge on any atom is 0.303 e. The number of rotatable bonds is 8. The molecule has 2 rings (SSSR count). The molecule has 6 heteroatoms. The second-order valence-electron chi connectivity index (χ2n) is 6.15. The van der Waals surface area contributed by atoms with Crippen molar-refractivity contribution in [3.63, 3.8) is 0 Å². The summed E-state index contributed by atoms with van der Waals surface area (Å²) in [5, 5.41) is 14.2. The van der Waals surface area contributed by atoms with Crippen LogP contribution >= 0.6 is 0 Å². The van der Waals surface area contributed by atoms with Crippen LogP contribution in [0.2, 0.25) is 0 Å². The van der Waals surface area contributed by atoms with Crippen LogP contribution in [0.25, 0.3) is 0 Å². The Morgan fingerprint density at radius 2 is 1.71 bits per heavy atom. The summed E-state index contributed by atoms with van der Waals surface area (Å²) in [5.41, 5.74) is 1.47. The van der Waals surface area contributed by atoms with Crippen molar-refractivity contribution < 1.29 is 19.5 Å². The molecule has 2 amide bonds. The number of benzene rings is 1. The standard InChI is InChI=1S/C18H24N2O4/c21-16(22)6-3-11-19-17(23)15-9-7-13(8-10-15)12-20-18(24)14-4-1-2-5-14/h7-10,14H,1-6,11-12H2,(H,19,23)(H,20,24)(H,21,22). The molecule has 1 fully saturated rings. The van der Waals surface area contributed by atoms with E-state index in [-0.39, 0.29) is 24.2 Å². The minimum Gasteiger partial charge on any atom is -0.481 e. The van der Waals surface area contributed by atoms with Gasteiger partial charge >= 0.3 is 5.97 Å². The summed E-state index contributed by atoms with van der Waals surface area (Å²) in [6.07, 6.45) is 4.68. The number of carbonyl (C=O) groups is 3. The van der Waals surface area contributed by atoms with Crippen LogP contribution < -0.4 is 10.6 Å². The van der Waals surface area contributed by atoms with Crippen molar-refractivity contribution in [3.8, 4) is 0 Å². The number of aliphatic carboxylic acids is 1. The minimum absolute atomic E-state index is 0.0416. The fraction of sp³-hybridized carbons (Fsp3) is 0.500. The zero-order valence-corrected chi connectivity index (χ0v) is 13.7. The molecule has 1 aliphatic carbocycles. The topological polar surface area (TPSA) is 95.5 Å². The third kappa shape index (κ3) is 5.68. The summed E-state index contributed by atoms with van der Waals surface area (Å²) in [5.74, 6) is -0.816. The summed E-state index contributed by atoms with van der Waals surface area (Å²) in [6.45, 7) is 0.806. The predicted octanol–water partition coefficient (Wildman–Crippen LogP) is 2.09. The third-order valence-electron chi connectivity index (χ3n) is 4.26. The lowest BCUT2D eigenvalue weighted by Gasteiger charge is -2.10. The van der Waals surface area contributed by atoms with Crippen LogP contribution in [0.4, 0.5) is 0 Å². The molecule has 0 aromatic heterocycles. The molecule has 0 saturated heterocycles. The van der Waals surface area contributed by atoms with Crippen LogP contribution in [-0.2, 0) is 16.1 Å². The number of carboxylic acid groups (broad SMARTS) is 1. The Labute approximate surface area is 141 Å². The lowest BCUT2D eigenvalue weighted by Crippen LogP contribution is -2.28. The van der Waals surface area contributed by atoms with Crippen LogP contribution in [0, 0.1) is 5.92 Å². The molecule has 1 saturated carbocycles. The van der Waals surface area contributed by atoms with Gasteiger partial charge in [0.1, 0.15) is 0 Å². The molecule has 1 aromatic rings. The average molecular weight is 332 g/mol. The minimum atomic E-state index is -0.867. The van der Waals surface area contributed by atoms with Crippen LogP contribution in [0.3, 0.4) is 0 Å². The summed E-state index contributed by atoms with van der Waals surface area (Å²) in [7, 11) is 0. The molecule has 1 aromatic carbocycles. The summed E-state index contributed by atoms with van der Waals surface area (Å²) in [6, 6.07) is 7.06. The largest absolute Gasteiger partial charge is 0.481 e. The molecule has 130 valence electrons. The quantitative estimate of drug-likeness (QED) is 0.635. The maximum absolute atomic E-state index is 12.0. The highest BCUT2D eigenvalue weighted by atomic mass is 16.4. The highest BCUT2D eigenvalue weighted by molar-refractivity contribution is 5.94. The Hall–Kier alpha value is -2.37. The van der Waals surface area contributed by atoms with Gasteiger partial charge in [0.05, 0.1) is 0 Å². The van der Waals surface area contributed by atoms with Crippen molar-refractivity contribution in [3.05, 3.63) is 35.4 Å². The zero-order chi connectivity index (χ0) is 17.4. The van der Waals surface area contributed by atoms with E-state index in [2.05, 4.69) is 10.6 Å². The van der Waals surface area contributed by atoms with Crippen LogP contribution in [0.15, 0.2) is 24.3 Å². The highest BCUT2D eigenvalue weighted by Gasteiger charge is 2.22. The van der Waals surface area contributed by atoms with E-state index in [0.29, 0.717) is 25.1 Å². The van der Waals surface area contributed by atoms with E-state index in [1.807, 2.05) is 12.1 Å². The second kappa shape index (κ2) is 9.05. The molecule has 24 heavy (non-hydrogen) atoms. The van der Waals surface area contributed by atoms with Gasteiger partial charge in [0, 0.05) is 31.0 Å². The van der Waals surface area contributed by atoms with Gasteiger partial charge in [-0.05, 0) is 37.0 Å². The first-order chi connectivity index (χ1) is 11.6. The molecule has 0 unspecified atom stereocenters. The van der Waals surface area contributed by atoms with Crippen LogP contribution in [0.5, 0.6) is 0 Å². The third-order valence-corrected chi connectivity index (χ3v) is 4.26. The number of amides is 2. The van der Waals surface area contributed by atoms with Gasteiger partial charge in [-0.2, -0.15) is 0 Å². The van der Waals surface area contributed by atoms with Gasteiger partial charge < -0.3 is 15.7 Å². The molecule has 0 atom stereocenters. The number of hydrogen-bond donors (Lipinski definition) is 3. The zero-order valence-electron chi connectivity index (χ0n) is 13.7. The number of carboxylic acids is 1. The Morgan fingerprint density at radius 1 is 1.04 bits per heavy atom. The lowest BCUT2D eigenvalue weighted by molar-refractivity contribution is -0.137. The average Bonchev–Trinajstić information content (AvgIpc) is 3.11. The molecule has 6 nitrogen and oxygen atoms in total. The molecule has 3 N–H and O–H groups in total. The van der Waals surface area contributed by atoms with E-state index in [9.17, 15) is 14.4 Å². The van der Waals surface area contributed by atoms with Gasteiger partial charge in [-0.15, -0.1) is 0 Å². The maximum atomic E-state index is 12.0. The Kier molecular flexibility index (Phi) is 6.78. The fourth-order valence-corrected chi connectivity index (χ4v) is 2.84. The van der Waals surface area contributed by atoms with Gasteiger partial charge in [-0.25, -0.2) is 0 Å². The van der Waals surface area contributed by atoms with Gasteiger partial charge in [-0.1, -0.05) is 25.0 Å². The van der Waals surface area contributed by atoms with Gasteiger partial charge in [0.15, 0.2) is 0 Å². The van der Waals surface area contributed by atoms with Gasteiger partial charge in [0.2, 0.25) is 5.91 Å². The fourth-order valence-electron chi connectivity index (χ4n) is 2.84. The monoisotopic (exact) mass is 332 g/mol. The van der Waals surface area contributed by atoms with Crippen molar-refractivity contribution in [2.24, 2.45) is 5.92 Å². The molecule has 0 radical (unpaired) electrons. The first-order valence-electron chi connectivity index (χ1n) is 8.43. The van der Waals surface area contributed by atoms with E-state index in [1.54, 1.807) is 12.1 Å². The Bertz CT molecular complexity index is 577. The first kappa shape index (κ1) is 18.0. The first-order valence-corrected chi connectivity index (χ1v) is 8.43. The summed E-state index contributed by atoms with van der Waals surface area (Å²) < 4.78 is 0. The molecule has 0 spiro atoms. The number of hydrogen-bond acceptors (Lipinski definition) is 3. The summed E-state index contributed by atoms with van der Waals surface area (Å²) in [4.78, 5) is 34.3. The lowest BCUT2D eigenvalue weighted by atomic mass is 10.1. The molecule has 1 aliphatic rings. The van der Waals surface area contributed by atoms with Gasteiger partial charge in [-0.3, -0.25) is 14.4 Å². The van der Waals surface area contributed by atoms with Gasteiger partial charge in [0.25, 0.3) is 5.91 Å². The number of nitrogens with one attached hydrogen (secondary N) is 2. The van der Waals surface area contributed by atoms with Crippen molar-refractivity contribution in [2.75, 3.05) is 6.54 Å². The van der Waals surface area contributed by atoms with E-state index in [1.165, 1.54) is 0 Å². The SMILES string of the molecule is O=C(O)CCCNC(=O)c1ccc(CNC(=O)C2CCCC2)cc1. The normalized spacial score (nSPS) is 14.3. The van der Waals surface area contributed by atoms with E-state index in [4.69, 9.17) is 5.11 Å². The predicted molar refractivity (Wildman–Crippen MR) is 89.4 cm³/mol. The highest BCUT2D eigenvalue weighted by Crippen LogP contribution is 2.24. The van der Waals surface area contributed by atoms with Crippen LogP contribution in [-0.4, -0.2) is 29.4 Å². The van der Waals surface area contributed by atoms with E-state index in [0.717, 1.165) is 31.2 Å². The summed E-state index contributed by atoms with van der Waals surface area (Å²) >= 11 is 0. The van der Waals surface area contributed by atoms with E-state index < -0.39 is 5.97 Å². The smallest absolute Gasteiger partial charge is 0.303 e. The van der Waals surface area contributed by atoms with Crippen molar-refractivity contribution in [1.29, 1.82) is 0 Å². The Balaban J connectivity index is 1.74.